The van der Waals surface area contributed by atoms with Gasteiger partial charge >= 0.3 is 0 Å². The number of nitrogens with zero attached hydrogens (tertiary/aromatic N) is 1. The van der Waals surface area contributed by atoms with Crippen LogP contribution in [0.15, 0.2) is 42.5 Å². The van der Waals surface area contributed by atoms with Crippen LogP contribution >= 0.6 is 0 Å². The number of methoxy groups -OCH3 is 1. The van der Waals surface area contributed by atoms with Gasteiger partial charge < -0.3 is 15.4 Å². The van der Waals surface area contributed by atoms with Crippen LogP contribution in [0.5, 0.6) is 5.75 Å². The van der Waals surface area contributed by atoms with Gasteiger partial charge in [-0.1, -0.05) is 32.0 Å². The zero-order valence-corrected chi connectivity index (χ0v) is 15.8. The highest BCUT2D eigenvalue weighted by molar-refractivity contribution is 5.94. The summed E-state index contributed by atoms with van der Waals surface area (Å²) in [5.74, 6) is 0.226. The number of hydrogen-bond acceptors (Lipinski definition) is 3. The minimum Gasteiger partial charge on any atom is -0.497 e. The SMILES string of the molecule is COc1ccc(-c2ccc(C(=O)N(C)CCC(N)C(C)C)c(F)c2)cc1. The first-order chi connectivity index (χ1) is 12.3. The van der Waals surface area contributed by atoms with E-state index in [2.05, 4.69) is 0 Å². The van der Waals surface area contributed by atoms with Gasteiger partial charge in [-0.15, -0.1) is 0 Å². The fourth-order valence-corrected chi connectivity index (χ4v) is 2.63. The average molecular weight is 358 g/mol. The monoisotopic (exact) mass is 358 g/mol. The van der Waals surface area contributed by atoms with Gasteiger partial charge in [0.1, 0.15) is 11.6 Å². The summed E-state index contributed by atoms with van der Waals surface area (Å²) in [5, 5.41) is 0. The molecular weight excluding hydrogens is 331 g/mol. The Morgan fingerprint density at radius 3 is 2.31 bits per heavy atom. The highest BCUT2D eigenvalue weighted by atomic mass is 19.1. The number of amides is 1. The molecule has 0 heterocycles. The van der Waals surface area contributed by atoms with Gasteiger partial charge in [0.15, 0.2) is 0 Å². The summed E-state index contributed by atoms with van der Waals surface area (Å²) in [5.41, 5.74) is 7.66. The van der Waals surface area contributed by atoms with Crippen molar-refractivity contribution < 1.29 is 13.9 Å². The van der Waals surface area contributed by atoms with Gasteiger partial charge in [0.25, 0.3) is 5.91 Å². The maximum Gasteiger partial charge on any atom is 0.256 e. The van der Waals surface area contributed by atoms with Crippen LogP contribution in [0.4, 0.5) is 4.39 Å². The second-order valence-electron chi connectivity index (χ2n) is 6.85. The minimum atomic E-state index is -0.525. The Morgan fingerprint density at radius 1 is 1.15 bits per heavy atom. The number of nitrogens with two attached hydrogens (primary N) is 1. The van der Waals surface area contributed by atoms with Crippen LogP contribution in [0.25, 0.3) is 11.1 Å². The number of hydrogen-bond donors (Lipinski definition) is 1. The van der Waals surface area contributed by atoms with E-state index in [1.165, 1.54) is 17.0 Å². The molecule has 0 aliphatic carbocycles. The molecule has 1 amide bonds. The van der Waals surface area contributed by atoms with Crippen molar-refractivity contribution in [2.45, 2.75) is 26.3 Å². The number of ether oxygens (including phenoxy) is 1. The van der Waals surface area contributed by atoms with Crippen LogP contribution in [-0.2, 0) is 0 Å². The fourth-order valence-electron chi connectivity index (χ4n) is 2.63. The molecular formula is C21H27FN2O2. The first-order valence-corrected chi connectivity index (χ1v) is 8.78. The lowest BCUT2D eigenvalue weighted by Crippen LogP contribution is -2.35. The maximum atomic E-state index is 14.5. The Kier molecular flexibility index (Phi) is 6.75. The molecule has 2 rings (SSSR count). The summed E-state index contributed by atoms with van der Waals surface area (Å²) in [6, 6.07) is 12.1. The lowest BCUT2D eigenvalue weighted by atomic mass is 10.0. The largest absolute Gasteiger partial charge is 0.497 e. The molecule has 0 bridgehead atoms. The highest BCUT2D eigenvalue weighted by Gasteiger charge is 2.18. The summed E-state index contributed by atoms with van der Waals surface area (Å²) in [7, 11) is 3.27. The number of carbonyl (C=O) groups is 1. The number of carbonyl (C=O) groups excluding carboxylic acids is 1. The predicted molar refractivity (Wildman–Crippen MR) is 103 cm³/mol. The van der Waals surface area contributed by atoms with Gasteiger partial charge in [-0.25, -0.2) is 4.39 Å². The van der Waals surface area contributed by atoms with E-state index >= 15 is 0 Å². The molecule has 0 fully saturated rings. The van der Waals surface area contributed by atoms with Crippen LogP contribution in [0.2, 0.25) is 0 Å². The molecule has 0 saturated carbocycles. The predicted octanol–water partition coefficient (Wildman–Crippen LogP) is 3.95. The van der Waals surface area contributed by atoms with Crippen LogP contribution in [0.1, 0.15) is 30.6 Å². The molecule has 0 aliphatic heterocycles. The van der Waals surface area contributed by atoms with E-state index in [0.29, 0.717) is 24.4 Å². The first-order valence-electron chi connectivity index (χ1n) is 8.78. The molecule has 0 aromatic heterocycles. The Balaban J connectivity index is 2.11. The number of rotatable bonds is 7. The quantitative estimate of drug-likeness (QED) is 0.815. The third-order valence-electron chi connectivity index (χ3n) is 4.62. The Hall–Kier alpha value is -2.40. The van der Waals surface area contributed by atoms with E-state index in [1.807, 2.05) is 38.1 Å². The van der Waals surface area contributed by atoms with Gasteiger partial charge in [-0.3, -0.25) is 4.79 Å². The Morgan fingerprint density at radius 2 is 1.77 bits per heavy atom. The van der Waals surface area contributed by atoms with Crippen molar-refractivity contribution in [1.29, 1.82) is 0 Å². The van der Waals surface area contributed by atoms with E-state index in [4.69, 9.17) is 10.5 Å². The lowest BCUT2D eigenvalue weighted by Gasteiger charge is -2.22. The Bertz CT molecular complexity index is 744. The molecule has 0 radical (unpaired) electrons. The van der Waals surface area contributed by atoms with Crippen molar-refractivity contribution in [1.82, 2.24) is 4.90 Å². The molecule has 2 N–H and O–H groups in total. The van der Waals surface area contributed by atoms with Crippen LogP contribution in [0.3, 0.4) is 0 Å². The molecule has 0 saturated heterocycles. The zero-order chi connectivity index (χ0) is 19.3. The van der Waals surface area contributed by atoms with E-state index in [0.717, 1.165) is 11.3 Å². The van der Waals surface area contributed by atoms with Crippen LogP contribution in [0, 0.1) is 11.7 Å². The van der Waals surface area contributed by atoms with Gasteiger partial charge in [-0.05, 0) is 47.7 Å². The second kappa shape index (κ2) is 8.81. The summed E-state index contributed by atoms with van der Waals surface area (Å²) < 4.78 is 19.6. The first kappa shape index (κ1) is 19.9. The summed E-state index contributed by atoms with van der Waals surface area (Å²) in [6.07, 6.45) is 0.686. The normalized spacial score (nSPS) is 12.1. The van der Waals surface area contributed by atoms with E-state index in [1.54, 1.807) is 20.2 Å². The van der Waals surface area contributed by atoms with Crippen molar-refractivity contribution >= 4 is 5.91 Å². The molecule has 1 atom stereocenters. The van der Waals surface area contributed by atoms with E-state index < -0.39 is 5.82 Å². The van der Waals surface area contributed by atoms with Crippen molar-refractivity contribution in [2.24, 2.45) is 11.7 Å². The summed E-state index contributed by atoms with van der Waals surface area (Å²) in [4.78, 5) is 14.0. The van der Waals surface area contributed by atoms with Crippen molar-refractivity contribution in [3.63, 3.8) is 0 Å². The van der Waals surface area contributed by atoms with Crippen LogP contribution in [-0.4, -0.2) is 37.6 Å². The van der Waals surface area contributed by atoms with Gasteiger partial charge in [0, 0.05) is 19.6 Å². The van der Waals surface area contributed by atoms with Crippen molar-refractivity contribution in [2.75, 3.05) is 20.7 Å². The van der Waals surface area contributed by atoms with Gasteiger partial charge in [-0.2, -0.15) is 0 Å². The molecule has 2 aromatic carbocycles. The van der Waals surface area contributed by atoms with Gasteiger partial charge in [0.05, 0.1) is 12.7 Å². The molecule has 26 heavy (non-hydrogen) atoms. The van der Waals surface area contributed by atoms with E-state index in [-0.39, 0.29) is 17.5 Å². The third kappa shape index (κ3) is 4.82. The molecule has 0 spiro atoms. The smallest absolute Gasteiger partial charge is 0.256 e. The molecule has 2 aromatic rings. The molecule has 140 valence electrons. The van der Waals surface area contributed by atoms with Crippen LogP contribution < -0.4 is 10.5 Å². The molecule has 5 heteroatoms. The number of halogens is 1. The summed E-state index contributed by atoms with van der Waals surface area (Å²) in [6.45, 7) is 4.59. The topological polar surface area (TPSA) is 55.6 Å². The zero-order valence-electron chi connectivity index (χ0n) is 15.8. The summed E-state index contributed by atoms with van der Waals surface area (Å²) >= 11 is 0. The number of benzene rings is 2. The highest BCUT2D eigenvalue weighted by Crippen LogP contribution is 2.24. The van der Waals surface area contributed by atoms with E-state index in [9.17, 15) is 9.18 Å². The van der Waals surface area contributed by atoms with Crippen molar-refractivity contribution in [3.05, 3.63) is 53.8 Å². The molecule has 1 unspecified atom stereocenters. The standard InChI is InChI=1S/C21H27FN2O2/c1-14(2)20(23)11-12-24(3)21(25)18-10-7-16(13-19(18)22)15-5-8-17(26-4)9-6-15/h5-10,13-14,20H,11-12,23H2,1-4H3. The fraction of sp³-hybridized carbons (Fsp3) is 0.381. The third-order valence-corrected chi connectivity index (χ3v) is 4.62. The molecule has 4 nitrogen and oxygen atoms in total. The molecule has 0 aliphatic rings. The Labute approximate surface area is 154 Å². The van der Waals surface area contributed by atoms with Gasteiger partial charge in [0.2, 0.25) is 0 Å². The van der Waals surface area contributed by atoms with Crippen molar-refractivity contribution in [3.8, 4) is 16.9 Å². The second-order valence-corrected chi connectivity index (χ2v) is 6.85. The average Bonchev–Trinajstić information content (AvgIpc) is 2.65. The lowest BCUT2D eigenvalue weighted by molar-refractivity contribution is 0.0784. The minimum absolute atomic E-state index is 0.0209. The maximum absolute atomic E-state index is 14.5.